The van der Waals surface area contributed by atoms with E-state index in [1.54, 1.807) is 22.8 Å². The minimum Gasteiger partial charge on any atom is -0.457 e. The Labute approximate surface area is 225 Å². The van der Waals surface area contributed by atoms with Crippen molar-refractivity contribution in [2.75, 3.05) is 17.2 Å². The molecule has 0 saturated carbocycles. The lowest BCUT2D eigenvalue weighted by Gasteiger charge is -2.13. The number of para-hydroxylation sites is 1. The highest BCUT2D eigenvalue weighted by molar-refractivity contribution is 5.94. The maximum absolute atomic E-state index is 12.6. The molecule has 3 aromatic carbocycles. The Hall–Kier alpha value is -5.33. The van der Waals surface area contributed by atoms with Crippen molar-refractivity contribution in [3.8, 4) is 17.6 Å². The maximum atomic E-state index is 12.6. The predicted molar refractivity (Wildman–Crippen MR) is 149 cm³/mol. The zero-order chi connectivity index (χ0) is 27.2. The third-order valence-corrected chi connectivity index (χ3v) is 6.17. The topological polar surface area (TPSA) is 124 Å². The Morgan fingerprint density at radius 2 is 1.69 bits per heavy atom. The normalized spacial score (nSPS) is 11.4. The Morgan fingerprint density at radius 3 is 2.38 bits per heavy atom. The summed E-state index contributed by atoms with van der Waals surface area (Å²) in [6.45, 7) is 1.89. The van der Waals surface area contributed by atoms with Crippen LogP contribution in [0.15, 0.2) is 97.3 Å². The molecule has 1 unspecified atom stereocenters. The number of urea groups is 1. The lowest BCUT2D eigenvalue weighted by atomic mass is 10.1. The van der Waals surface area contributed by atoms with Crippen LogP contribution in [0.2, 0.25) is 0 Å². The summed E-state index contributed by atoms with van der Waals surface area (Å²) in [6, 6.07) is 27.7. The largest absolute Gasteiger partial charge is 0.457 e. The van der Waals surface area contributed by atoms with E-state index >= 15 is 0 Å². The number of hydrogen-bond donors (Lipinski definition) is 4. The van der Waals surface area contributed by atoms with Crippen molar-refractivity contribution in [2.24, 2.45) is 0 Å². The van der Waals surface area contributed by atoms with Crippen molar-refractivity contribution < 1.29 is 14.6 Å². The summed E-state index contributed by atoms with van der Waals surface area (Å²) in [6.07, 6.45) is 2.33. The number of aromatic nitrogens is 2. The van der Waals surface area contributed by atoms with Crippen LogP contribution in [0.4, 0.5) is 21.9 Å². The van der Waals surface area contributed by atoms with E-state index in [0.29, 0.717) is 33.8 Å². The maximum Gasteiger partial charge on any atom is 0.319 e. The van der Waals surface area contributed by atoms with Crippen LogP contribution in [0.1, 0.15) is 22.8 Å². The van der Waals surface area contributed by atoms with Crippen LogP contribution in [-0.4, -0.2) is 27.3 Å². The fraction of sp³-hybridized carbons (Fsp3) is 0.100. The van der Waals surface area contributed by atoms with Gasteiger partial charge in [0.2, 0.25) is 0 Å². The lowest BCUT2D eigenvalue weighted by molar-refractivity contribution is 0.175. The monoisotopic (exact) mass is 518 g/mol. The number of anilines is 3. The van der Waals surface area contributed by atoms with Crippen LogP contribution in [0.5, 0.6) is 11.5 Å². The molecule has 0 spiro atoms. The number of aliphatic hydroxyl groups is 1. The predicted octanol–water partition coefficient (Wildman–Crippen LogP) is 5.91. The molecule has 0 aliphatic rings. The molecule has 2 heterocycles. The Morgan fingerprint density at radius 1 is 1.03 bits per heavy atom. The van der Waals surface area contributed by atoms with Crippen LogP contribution in [0.3, 0.4) is 0 Å². The fourth-order valence-electron chi connectivity index (χ4n) is 4.15. The minimum atomic E-state index is -0.828. The van der Waals surface area contributed by atoms with Gasteiger partial charge in [0.15, 0.2) is 0 Å². The number of nitrogens with zero attached hydrogens (tertiary/aromatic N) is 3. The first-order chi connectivity index (χ1) is 19.0. The molecule has 1 atom stereocenters. The SMILES string of the molecule is Cc1c(NC(=O)NCC(O)c2ccccc2)cn2ncc(C#N)c(Nc3ccc(Oc4ccccc4)cc3)c12. The summed E-state index contributed by atoms with van der Waals surface area (Å²) in [5, 5.41) is 33.3. The quantitative estimate of drug-likeness (QED) is 0.203. The molecule has 194 valence electrons. The van der Waals surface area contributed by atoms with Gasteiger partial charge >= 0.3 is 6.03 Å². The van der Waals surface area contributed by atoms with Crippen LogP contribution in [0, 0.1) is 18.3 Å². The molecular formula is C30H26N6O3. The average Bonchev–Trinajstić information content (AvgIpc) is 3.28. The smallest absolute Gasteiger partial charge is 0.319 e. The van der Waals surface area contributed by atoms with E-state index in [4.69, 9.17) is 4.74 Å². The van der Waals surface area contributed by atoms with Crippen LogP contribution >= 0.6 is 0 Å². The second kappa shape index (κ2) is 11.4. The Kier molecular flexibility index (Phi) is 7.39. The van der Waals surface area contributed by atoms with Gasteiger partial charge in [-0.1, -0.05) is 48.5 Å². The van der Waals surface area contributed by atoms with E-state index in [9.17, 15) is 15.2 Å². The molecule has 5 aromatic rings. The van der Waals surface area contributed by atoms with Gasteiger partial charge in [0.1, 0.15) is 17.6 Å². The number of ether oxygens (including phenoxy) is 1. The van der Waals surface area contributed by atoms with E-state index in [1.165, 1.54) is 6.20 Å². The van der Waals surface area contributed by atoms with Crippen molar-refractivity contribution in [1.82, 2.24) is 14.9 Å². The highest BCUT2D eigenvalue weighted by Crippen LogP contribution is 2.33. The number of carbonyl (C=O) groups is 1. The van der Waals surface area contributed by atoms with Crippen molar-refractivity contribution >= 4 is 28.6 Å². The first-order valence-electron chi connectivity index (χ1n) is 12.3. The van der Waals surface area contributed by atoms with E-state index in [1.807, 2.05) is 79.7 Å². The van der Waals surface area contributed by atoms with E-state index < -0.39 is 12.1 Å². The Balaban J connectivity index is 1.32. The van der Waals surface area contributed by atoms with Gasteiger partial charge in [-0.25, -0.2) is 9.31 Å². The van der Waals surface area contributed by atoms with E-state index in [2.05, 4.69) is 27.1 Å². The number of aliphatic hydroxyl groups excluding tert-OH is 1. The molecule has 9 nitrogen and oxygen atoms in total. The number of fused-ring (bicyclic) bond motifs is 1. The lowest BCUT2D eigenvalue weighted by Crippen LogP contribution is -2.32. The number of benzene rings is 3. The van der Waals surface area contributed by atoms with Gasteiger partial charge in [-0.2, -0.15) is 10.4 Å². The summed E-state index contributed by atoms with van der Waals surface area (Å²) < 4.78 is 7.47. The van der Waals surface area contributed by atoms with Crippen LogP contribution < -0.4 is 20.7 Å². The second-order valence-corrected chi connectivity index (χ2v) is 8.83. The number of nitriles is 1. The van der Waals surface area contributed by atoms with Crippen molar-refractivity contribution in [3.63, 3.8) is 0 Å². The number of carbonyl (C=O) groups excluding carboxylic acids is 1. The number of hydrogen-bond acceptors (Lipinski definition) is 6. The summed E-state index contributed by atoms with van der Waals surface area (Å²) in [5.74, 6) is 1.42. The molecule has 4 N–H and O–H groups in total. The summed E-state index contributed by atoms with van der Waals surface area (Å²) in [4.78, 5) is 12.6. The molecule has 2 amide bonds. The van der Waals surface area contributed by atoms with E-state index in [-0.39, 0.29) is 6.54 Å². The van der Waals surface area contributed by atoms with Gasteiger partial charge in [-0.3, -0.25) is 0 Å². The minimum absolute atomic E-state index is 0.0515. The molecule has 39 heavy (non-hydrogen) atoms. The Bertz CT molecular complexity index is 1630. The van der Waals surface area contributed by atoms with Crippen molar-refractivity contribution in [2.45, 2.75) is 13.0 Å². The van der Waals surface area contributed by atoms with Gasteiger partial charge in [0.05, 0.1) is 41.0 Å². The van der Waals surface area contributed by atoms with E-state index in [0.717, 1.165) is 17.0 Å². The zero-order valence-corrected chi connectivity index (χ0v) is 21.1. The molecular weight excluding hydrogens is 492 g/mol. The van der Waals surface area contributed by atoms with Gasteiger partial charge in [0, 0.05) is 17.8 Å². The van der Waals surface area contributed by atoms with Gasteiger partial charge in [-0.15, -0.1) is 0 Å². The molecule has 0 bridgehead atoms. The second-order valence-electron chi connectivity index (χ2n) is 8.83. The van der Waals surface area contributed by atoms with Gasteiger partial charge < -0.3 is 25.8 Å². The molecule has 0 saturated heterocycles. The third-order valence-electron chi connectivity index (χ3n) is 6.17. The van der Waals surface area contributed by atoms with Crippen LogP contribution in [-0.2, 0) is 0 Å². The van der Waals surface area contributed by atoms with Crippen molar-refractivity contribution in [3.05, 3.63) is 114 Å². The highest BCUT2D eigenvalue weighted by Gasteiger charge is 2.18. The zero-order valence-electron chi connectivity index (χ0n) is 21.1. The molecule has 0 aliphatic carbocycles. The molecule has 2 aromatic heterocycles. The summed E-state index contributed by atoms with van der Waals surface area (Å²) >= 11 is 0. The highest BCUT2D eigenvalue weighted by atomic mass is 16.5. The number of aryl methyl sites for hydroxylation is 1. The third kappa shape index (κ3) is 5.82. The molecule has 9 heteroatoms. The van der Waals surface area contributed by atoms with Gasteiger partial charge in [0.25, 0.3) is 0 Å². The number of amides is 2. The molecule has 0 aliphatic heterocycles. The van der Waals surface area contributed by atoms with Gasteiger partial charge in [-0.05, 0) is 48.9 Å². The summed E-state index contributed by atoms with van der Waals surface area (Å²) in [7, 11) is 0. The van der Waals surface area contributed by atoms with Crippen LogP contribution in [0.25, 0.3) is 5.52 Å². The molecule has 0 fully saturated rings. The number of nitrogens with one attached hydrogen (secondary N) is 3. The molecule has 0 radical (unpaired) electrons. The average molecular weight is 519 g/mol. The standard InChI is InChI=1S/C30H26N6O3/c1-20-26(35-30(38)32-18-27(37)21-8-4-2-5-9-21)19-36-29(20)28(22(16-31)17-33-36)34-23-12-14-25(15-13-23)39-24-10-6-3-7-11-24/h2-15,17,19,27,34,37H,18H2,1H3,(H2,32,35,38). The number of rotatable bonds is 8. The molecule has 5 rings (SSSR count). The van der Waals surface area contributed by atoms with Crippen molar-refractivity contribution in [1.29, 1.82) is 5.26 Å². The first kappa shape index (κ1) is 25.3. The summed E-state index contributed by atoms with van der Waals surface area (Å²) in [5.41, 5.74) is 4.29. The first-order valence-corrected chi connectivity index (χ1v) is 12.3. The fourth-order valence-corrected chi connectivity index (χ4v) is 4.15.